The van der Waals surface area contributed by atoms with Gasteiger partial charge in [0.1, 0.15) is 12.4 Å². The van der Waals surface area contributed by atoms with Gasteiger partial charge in [-0.1, -0.05) is 12.1 Å². The van der Waals surface area contributed by atoms with Crippen LogP contribution in [0, 0.1) is 5.82 Å². The van der Waals surface area contributed by atoms with Crippen molar-refractivity contribution in [3.05, 3.63) is 59.4 Å². The number of hydrogen-bond acceptors (Lipinski definition) is 4. The van der Waals surface area contributed by atoms with Crippen molar-refractivity contribution in [2.24, 2.45) is 0 Å². The molecule has 6 nitrogen and oxygen atoms in total. The number of halogens is 1. The van der Waals surface area contributed by atoms with Crippen LogP contribution in [0.2, 0.25) is 0 Å². The molecule has 2 heterocycles. The van der Waals surface area contributed by atoms with Crippen molar-refractivity contribution < 1.29 is 18.8 Å². The van der Waals surface area contributed by atoms with Crippen LogP contribution in [0.25, 0.3) is 0 Å². The lowest BCUT2D eigenvalue weighted by Gasteiger charge is -2.30. The first-order valence-corrected chi connectivity index (χ1v) is 11.4. The van der Waals surface area contributed by atoms with Gasteiger partial charge in [0.2, 0.25) is 11.8 Å². The smallest absolute Gasteiger partial charge is 0.253 e. The zero-order valence-corrected chi connectivity index (χ0v) is 17.9. The second-order valence-electron chi connectivity index (χ2n) is 7.71. The first kappa shape index (κ1) is 21.4. The monoisotopic (exact) mass is 441 g/mol. The minimum absolute atomic E-state index is 0.0359. The molecule has 0 saturated carbocycles. The minimum Gasteiger partial charge on any atom is -0.350 e. The van der Waals surface area contributed by atoms with Gasteiger partial charge < -0.3 is 15.1 Å². The van der Waals surface area contributed by atoms with E-state index >= 15 is 0 Å². The molecule has 3 amide bonds. The second-order valence-corrected chi connectivity index (χ2v) is 8.72. The van der Waals surface area contributed by atoms with E-state index in [4.69, 9.17) is 0 Å². The van der Waals surface area contributed by atoms with Crippen LogP contribution in [0.1, 0.15) is 35.2 Å². The van der Waals surface area contributed by atoms with Gasteiger partial charge in [0, 0.05) is 30.1 Å². The number of rotatable bonds is 5. The summed E-state index contributed by atoms with van der Waals surface area (Å²) in [7, 11) is 0. The molecule has 0 unspecified atom stereocenters. The standard InChI is InChI=1S/C23H24FN3O3S/c24-18-7-4-16(5-8-18)13-25-21(28)14-27-19-12-17(6-9-20(19)31-15-22(27)29)23(30)26-10-2-1-3-11-26/h4-9,12H,1-3,10-11,13-15H2,(H,25,28). The van der Waals surface area contributed by atoms with Gasteiger partial charge in [-0.25, -0.2) is 4.39 Å². The maximum Gasteiger partial charge on any atom is 0.253 e. The Balaban J connectivity index is 1.47. The number of carbonyl (C=O) groups excluding carboxylic acids is 3. The fraction of sp³-hybridized carbons (Fsp3) is 0.348. The molecule has 162 valence electrons. The van der Waals surface area contributed by atoms with Crippen LogP contribution in [0.5, 0.6) is 0 Å². The molecular weight excluding hydrogens is 417 g/mol. The molecule has 8 heteroatoms. The Labute approximate surface area is 184 Å². The van der Waals surface area contributed by atoms with Crippen molar-refractivity contribution in [1.29, 1.82) is 0 Å². The Morgan fingerprint density at radius 1 is 1.03 bits per heavy atom. The van der Waals surface area contributed by atoms with E-state index in [1.807, 2.05) is 11.0 Å². The first-order chi connectivity index (χ1) is 15.0. The lowest BCUT2D eigenvalue weighted by atomic mass is 10.1. The Morgan fingerprint density at radius 2 is 1.77 bits per heavy atom. The van der Waals surface area contributed by atoms with E-state index in [1.165, 1.54) is 28.8 Å². The summed E-state index contributed by atoms with van der Waals surface area (Å²) in [6.45, 7) is 1.61. The van der Waals surface area contributed by atoms with Crippen LogP contribution in [-0.2, 0) is 16.1 Å². The molecule has 2 aliphatic rings. The number of amides is 3. The average Bonchev–Trinajstić information content (AvgIpc) is 2.80. The van der Waals surface area contributed by atoms with E-state index in [9.17, 15) is 18.8 Å². The zero-order valence-electron chi connectivity index (χ0n) is 17.1. The van der Waals surface area contributed by atoms with Gasteiger partial charge in [-0.3, -0.25) is 14.4 Å². The van der Waals surface area contributed by atoms with Crippen molar-refractivity contribution in [3.8, 4) is 0 Å². The average molecular weight is 442 g/mol. The molecule has 2 aromatic rings. The van der Waals surface area contributed by atoms with Crippen LogP contribution >= 0.6 is 11.8 Å². The third-order valence-corrected chi connectivity index (χ3v) is 6.54. The minimum atomic E-state index is -0.335. The largest absolute Gasteiger partial charge is 0.350 e. The van der Waals surface area contributed by atoms with Gasteiger partial charge in [-0.05, 0) is 55.2 Å². The summed E-state index contributed by atoms with van der Waals surface area (Å²) in [4.78, 5) is 42.1. The normalized spacial score (nSPS) is 16.1. The molecule has 2 aromatic carbocycles. The highest BCUT2D eigenvalue weighted by atomic mass is 32.2. The third kappa shape index (κ3) is 5.07. The number of nitrogens with zero attached hydrogens (tertiary/aromatic N) is 2. The Kier molecular flexibility index (Phi) is 6.56. The molecule has 2 aliphatic heterocycles. The van der Waals surface area contributed by atoms with E-state index in [1.54, 1.807) is 24.3 Å². The van der Waals surface area contributed by atoms with Gasteiger partial charge >= 0.3 is 0 Å². The summed E-state index contributed by atoms with van der Waals surface area (Å²) in [6, 6.07) is 11.3. The highest BCUT2D eigenvalue weighted by Crippen LogP contribution is 2.36. The zero-order chi connectivity index (χ0) is 21.8. The van der Waals surface area contributed by atoms with Crippen molar-refractivity contribution in [3.63, 3.8) is 0 Å². The quantitative estimate of drug-likeness (QED) is 0.774. The van der Waals surface area contributed by atoms with Crippen molar-refractivity contribution in [2.45, 2.75) is 30.7 Å². The molecule has 0 aliphatic carbocycles. The number of nitrogens with one attached hydrogen (secondary N) is 1. The van der Waals surface area contributed by atoms with Crippen LogP contribution in [0.4, 0.5) is 10.1 Å². The fourth-order valence-corrected chi connectivity index (χ4v) is 4.71. The highest BCUT2D eigenvalue weighted by Gasteiger charge is 2.28. The molecular formula is C23H24FN3O3S. The van der Waals surface area contributed by atoms with E-state index in [-0.39, 0.29) is 42.4 Å². The number of fused-ring (bicyclic) bond motifs is 1. The van der Waals surface area contributed by atoms with Crippen molar-refractivity contribution in [2.75, 3.05) is 30.3 Å². The summed E-state index contributed by atoms with van der Waals surface area (Å²) in [5.41, 5.74) is 1.90. The summed E-state index contributed by atoms with van der Waals surface area (Å²) in [5.74, 6) is -0.609. The maximum absolute atomic E-state index is 13.0. The predicted octanol–water partition coefficient (Wildman–Crippen LogP) is 3.21. The lowest BCUT2D eigenvalue weighted by Crippen LogP contribution is -2.43. The number of benzene rings is 2. The van der Waals surface area contributed by atoms with Gasteiger partial charge in [0.05, 0.1) is 11.4 Å². The van der Waals surface area contributed by atoms with Gasteiger partial charge in [0.15, 0.2) is 0 Å². The molecule has 1 saturated heterocycles. The Morgan fingerprint density at radius 3 is 2.52 bits per heavy atom. The molecule has 1 N–H and O–H groups in total. The summed E-state index contributed by atoms with van der Waals surface area (Å²) in [5, 5.41) is 2.77. The van der Waals surface area contributed by atoms with Crippen LogP contribution in [-0.4, -0.2) is 48.0 Å². The van der Waals surface area contributed by atoms with E-state index < -0.39 is 0 Å². The maximum atomic E-state index is 13.0. The third-order valence-electron chi connectivity index (χ3n) is 5.50. The van der Waals surface area contributed by atoms with Gasteiger partial charge in [-0.15, -0.1) is 11.8 Å². The van der Waals surface area contributed by atoms with E-state index in [0.717, 1.165) is 42.8 Å². The molecule has 0 radical (unpaired) electrons. The molecule has 0 bridgehead atoms. The second kappa shape index (κ2) is 9.51. The SMILES string of the molecule is O=C(CN1C(=O)CSc2ccc(C(=O)N3CCCCC3)cc21)NCc1ccc(F)cc1. The molecule has 0 spiro atoms. The number of carbonyl (C=O) groups is 3. The van der Waals surface area contributed by atoms with E-state index in [2.05, 4.69) is 5.32 Å². The molecule has 31 heavy (non-hydrogen) atoms. The summed E-state index contributed by atoms with van der Waals surface area (Å²) < 4.78 is 13.0. The number of thioether (sulfide) groups is 1. The van der Waals surface area contributed by atoms with Crippen LogP contribution in [0.15, 0.2) is 47.4 Å². The van der Waals surface area contributed by atoms with Gasteiger partial charge in [0.25, 0.3) is 5.91 Å². The molecule has 1 fully saturated rings. The Bertz CT molecular complexity index is 990. The summed E-state index contributed by atoms with van der Waals surface area (Å²) in [6.07, 6.45) is 3.15. The molecule has 0 atom stereocenters. The van der Waals surface area contributed by atoms with Crippen LogP contribution in [0.3, 0.4) is 0 Å². The van der Waals surface area contributed by atoms with E-state index in [0.29, 0.717) is 11.3 Å². The molecule has 0 aromatic heterocycles. The fourth-order valence-electron chi connectivity index (χ4n) is 3.79. The summed E-state index contributed by atoms with van der Waals surface area (Å²) >= 11 is 1.41. The lowest BCUT2D eigenvalue weighted by molar-refractivity contribution is -0.123. The number of hydrogen-bond donors (Lipinski definition) is 1. The molecule has 4 rings (SSSR count). The Hall–Kier alpha value is -2.87. The number of likely N-dealkylation sites (tertiary alicyclic amines) is 1. The number of piperidine rings is 1. The van der Waals surface area contributed by atoms with Crippen molar-refractivity contribution in [1.82, 2.24) is 10.2 Å². The van der Waals surface area contributed by atoms with Crippen molar-refractivity contribution >= 4 is 35.2 Å². The van der Waals surface area contributed by atoms with Gasteiger partial charge in [-0.2, -0.15) is 0 Å². The highest BCUT2D eigenvalue weighted by molar-refractivity contribution is 8.00. The topological polar surface area (TPSA) is 69.7 Å². The number of anilines is 1. The first-order valence-electron chi connectivity index (χ1n) is 10.4. The predicted molar refractivity (Wildman–Crippen MR) is 118 cm³/mol. The van der Waals surface area contributed by atoms with Crippen LogP contribution < -0.4 is 10.2 Å².